The molecule has 0 saturated carbocycles. The summed E-state index contributed by atoms with van der Waals surface area (Å²) in [6, 6.07) is 5.38. The Labute approximate surface area is 112 Å². The molecule has 0 atom stereocenters. The lowest BCUT2D eigenvalue weighted by atomic mass is 10.2. The number of aryl methyl sites for hydroxylation is 1. The molecule has 0 saturated heterocycles. The van der Waals surface area contributed by atoms with Crippen LogP contribution in [0.15, 0.2) is 12.1 Å². The Morgan fingerprint density at radius 3 is 2.94 bits per heavy atom. The van der Waals surface area contributed by atoms with Crippen LogP contribution in [-0.4, -0.2) is 17.4 Å². The molecule has 0 unspecified atom stereocenters. The molecule has 1 heterocycles. The maximum absolute atomic E-state index is 11.8. The van der Waals surface area contributed by atoms with Gasteiger partial charge in [-0.1, -0.05) is 18.5 Å². The van der Waals surface area contributed by atoms with E-state index in [1.807, 2.05) is 6.92 Å². The van der Waals surface area contributed by atoms with E-state index in [1.54, 1.807) is 12.1 Å². The molecule has 0 aliphatic carbocycles. The van der Waals surface area contributed by atoms with Gasteiger partial charge in [-0.25, -0.2) is 4.98 Å². The van der Waals surface area contributed by atoms with E-state index in [9.17, 15) is 4.79 Å². The van der Waals surface area contributed by atoms with E-state index in [4.69, 9.17) is 16.9 Å². The second-order valence-electron chi connectivity index (χ2n) is 3.89. The van der Waals surface area contributed by atoms with Gasteiger partial charge in [0.15, 0.2) is 0 Å². The maximum Gasteiger partial charge on any atom is 0.251 e. The number of hydrogen-bond acceptors (Lipinski definition) is 3. The van der Waals surface area contributed by atoms with Crippen LogP contribution in [0.25, 0.3) is 0 Å². The summed E-state index contributed by atoms with van der Waals surface area (Å²) in [6.07, 6.45) is 2.87. The number of hydrogen-bond donors (Lipinski definition) is 1. The Morgan fingerprint density at radius 2 is 2.28 bits per heavy atom. The van der Waals surface area contributed by atoms with E-state index in [0.29, 0.717) is 23.7 Å². The minimum absolute atomic E-state index is 0.147. The van der Waals surface area contributed by atoms with E-state index >= 15 is 0 Å². The average Bonchev–Trinajstić information content (AvgIpc) is 2.37. The van der Waals surface area contributed by atoms with Gasteiger partial charge in [-0.15, -0.1) is 0 Å². The third-order valence-corrected chi connectivity index (χ3v) is 2.67. The highest BCUT2D eigenvalue weighted by atomic mass is 35.5. The summed E-state index contributed by atoms with van der Waals surface area (Å²) < 4.78 is 0. The molecule has 1 amide bonds. The summed E-state index contributed by atoms with van der Waals surface area (Å²) in [6.45, 7) is 2.53. The zero-order chi connectivity index (χ0) is 13.4. The van der Waals surface area contributed by atoms with Gasteiger partial charge in [-0.2, -0.15) is 5.26 Å². The fraction of sp³-hybridized carbons (Fsp3) is 0.462. The summed E-state index contributed by atoms with van der Waals surface area (Å²) in [5.41, 5.74) is 1.34. The first-order chi connectivity index (χ1) is 8.67. The summed E-state index contributed by atoms with van der Waals surface area (Å²) in [5, 5.41) is 11.5. The number of halogens is 1. The zero-order valence-corrected chi connectivity index (χ0v) is 11.1. The number of rotatable bonds is 6. The molecule has 96 valence electrons. The first-order valence-electron chi connectivity index (χ1n) is 5.99. The highest BCUT2D eigenvalue weighted by molar-refractivity contribution is 6.29. The van der Waals surface area contributed by atoms with Gasteiger partial charge in [-0.3, -0.25) is 4.79 Å². The van der Waals surface area contributed by atoms with Gasteiger partial charge in [0.2, 0.25) is 0 Å². The maximum atomic E-state index is 11.8. The number of carbonyl (C=O) groups excluding carboxylic acids is 1. The number of nitrogens with zero attached hydrogens (tertiary/aromatic N) is 2. The van der Waals surface area contributed by atoms with Crippen molar-refractivity contribution in [2.24, 2.45) is 0 Å². The summed E-state index contributed by atoms with van der Waals surface area (Å²) in [4.78, 5) is 15.9. The lowest BCUT2D eigenvalue weighted by Crippen LogP contribution is -2.24. The Hall–Kier alpha value is -1.60. The molecular formula is C13H16ClN3O. The van der Waals surface area contributed by atoms with Crippen molar-refractivity contribution in [2.75, 3.05) is 6.54 Å². The SMILES string of the molecule is CCc1cc(C(=O)NCCCCC#N)cc(Cl)n1. The lowest BCUT2D eigenvalue weighted by Gasteiger charge is -2.06. The van der Waals surface area contributed by atoms with Crippen LogP contribution in [0.1, 0.15) is 42.2 Å². The number of amides is 1. The standard InChI is InChI=1S/C13H16ClN3O/c1-2-11-8-10(9-12(14)17-11)13(18)16-7-5-3-4-6-15/h8-9H,2-5,7H2,1H3,(H,16,18). The Bertz CT molecular complexity index is 454. The molecule has 0 aliphatic heterocycles. The van der Waals surface area contributed by atoms with Crippen molar-refractivity contribution < 1.29 is 4.79 Å². The normalized spacial score (nSPS) is 9.83. The molecule has 1 rings (SSSR count). The Balaban J connectivity index is 2.51. The van der Waals surface area contributed by atoms with Gasteiger partial charge in [0.25, 0.3) is 5.91 Å². The van der Waals surface area contributed by atoms with Crippen molar-refractivity contribution in [1.29, 1.82) is 5.26 Å². The van der Waals surface area contributed by atoms with E-state index in [2.05, 4.69) is 16.4 Å². The molecule has 0 aliphatic rings. The minimum atomic E-state index is -0.147. The van der Waals surface area contributed by atoms with Gasteiger partial charge in [0, 0.05) is 24.2 Å². The van der Waals surface area contributed by atoms with Crippen LogP contribution in [0, 0.1) is 11.3 Å². The lowest BCUT2D eigenvalue weighted by molar-refractivity contribution is 0.0953. The van der Waals surface area contributed by atoms with Crippen LogP contribution in [0.5, 0.6) is 0 Å². The van der Waals surface area contributed by atoms with Gasteiger partial charge in [-0.05, 0) is 31.4 Å². The van der Waals surface area contributed by atoms with Gasteiger partial charge in [0.05, 0.1) is 6.07 Å². The summed E-state index contributed by atoms with van der Waals surface area (Å²) in [5.74, 6) is -0.147. The predicted molar refractivity (Wildman–Crippen MR) is 70.4 cm³/mol. The molecule has 18 heavy (non-hydrogen) atoms. The third-order valence-electron chi connectivity index (χ3n) is 2.47. The number of aromatic nitrogens is 1. The van der Waals surface area contributed by atoms with Gasteiger partial charge >= 0.3 is 0 Å². The predicted octanol–water partition coefficient (Wildman–Crippen LogP) is 2.72. The highest BCUT2D eigenvalue weighted by Crippen LogP contribution is 2.11. The van der Waals surface area contributed by atoms with E-state index < -0.39 is 0 Å². The van der Waals surface area contributed by atoms with E-state index in [0.717, 1.165) is 25.0 Å². The van der Waals surface area contributed by atoms with Gasteiger partial charge in [0.1, 0.15) is 5.15 Å². The van der Waals surface area contributed by atoms with Crippen LogP contribution < -0.4 is 5.32 Å². The molecule has 0 aromatic carbocycles. The van der Waals surface area contributed by atoms with Crippen molar-refractivity contribution in [3.63, 3.8) is 0 Å². The second-order valence-corrected chi connectivity index (χ2v) is 4.28. The second kappa shape index (κ2) is 7.67. The first kappa shape index (κ1) is 14.5. The molecule has 0 radical (unpaired) electrons. The van der Waals surface area contributed by atoms with Crippen LogP contribution in [0.4, 0.5) is 0 Å². The van der Waals surface area contributed by atoms with Crippen LogP contribution in [0.3, 0.4) is 0 Å². The van der Waals surface area contributed by atoms with E-state index in [1.165, 1.54) is 0 Å². The molecule has 0 bridgehead atoms. The third kappa shape index (κ3) is 4.72. The summed E-state index contributed by atoms with van der Waals surface area (Å²) in [7, 11) is 0. The number of pyridine rings is 1. The Kier molecular flexibility index (Phi) is 6.16. The van der Waals surface area contributed by atoms with Crippen LogP contribution in [-0.2, 0) is 6.42 Å². The topological polar surface area (TPSA) is 65.8 Å². The molecular weight excluding hydrogens is 250 g/mol. The average molecular weight is 266 g/mol. The first-order valence-corrected chi connectivity index (χ1v) is 6.36. The van der Waals surface area contributed by atoms with Crippen LogP contribution >= 0.6 is 11.6 Å². The van der Waals surface area contributed by atoms with Crippen molar-refractivity contribution in [3.05, 3.63) is 28.5 Å². The molecule has 1 N–H and O–H groups in total. The smallest absolute Gasteiger partial charge is 0.251 e. The number of nitriles is 1. The molecule has 0 spiro atoms. The Morgan fingerprint density at radius 1 is 1.50 bits per heavy atom. The fourth-order valence-corrected chi connectivity index (χ4v) is 1.72. The van der Waals surface area contributed by atoms with Crippen molar-refractivity contribution in [2.45, 2.75) is 32.6 Å². The number of unbranched alkanes of at least 4 members (excludes halogenated alkanes) is 2. The molecule has 1 aromatic rings. The monoisotopic (exact) mass is 265 g/mol. The molecule has 0 fully saturated rings. The number of nitrogens with one attached hydrogen (secondary N) is 1. The largest absolute Gasteiger partial charge is 0.352 e. The highest BCUT2D eigenvalue weighted by Gasteiger charge is 2.08. The van der Waals surface area contributed by atoms with Crippen molar-refractivity contribution in [3.8, 4) is 6.07 Å². The van der Waals surface area contributed by atoms with Gasteiger partial charge < -0.3 is 5.32 Å². The summed E-state index contributed by atoms with van der Waals surface area (Å²) >= 11 is 5.85. The number of carbonyl (C=O) groups is 1. The van der Waals surface area contributed by atoms with E-state index in [-0.39, 0.29) is 5.91 Å². The quantitative estimate of drug-likeness (QED) is 0.635. The zero-order valence-electron chi connectivity index (χ0n) is 10.4. The minimum Gasteiger partial charge on any atom is -0.352 e. The fourth-order valence-electron chi connectivity index (χ4n) is 1.50. The molecule has 4 nitrogen and oxygen atoms in total. The van der Waals surface area contributed by atoms with Crippen molar-refractivity contribution >= 4 is 17.5 Å². The van der Waals surface area contributed by atoms with Crippen molar-refractivity contribution in [1.82, 2.24) is 10.3 Å². The molecule has 1 aromatic heterocycles. The van der Waals surface area contributed by atoms with Crippen LogP contribution in [0.2, 0.25) is 5.15 Å². The molecule has 5 heteroatoms.